The molecule has 0 aliphatic carbocycles. The van der Waals surface area contributed by atoms with Crippen LogP contribution in [-0.2, 0) is 13.7 Å². The Labute approximate surface area is 126 Å². The van der Waals surface area contributed by atoms with E-state index < -0.39 is 0 Å². The average Bonchev–Trinajstić information content (AvgIpc) is 2.98. The molecule has 1 N–H and O–H groups in total. The van der Waals surface area contributed by atoms with E-state index in [0.29, 0.717) is 28.8 Å². The Kier molecular flexibility index (Phi) is 3.47. The first-order valence-electron chi connectivity index (χ1n) is 6.39. The largest absolute Gasteiger partial charge is 0.487 e. The van der Waals surface area contributed by atoms with Gasteiger partial charge in [0.05, 0.1) is 16.4 Å². The number of fused-ring (bicyclic) bond motifs is 1. The number of ether oxygens (including phenoxy) is 2. The van der Waals surface area contributed by atoms with Crippen LogP contribution in [0.15, 0.2) is 23.4 Å². The van der Waals surface area contributed by atoms with E-state index in [0.717, 1.165) is 17.0 Å². The first-order valence-corrected chi connectivity index (χ1v) is 6.77. The molecule has 2 aromatic rings. The van der Waals surface area contributed by atoms with Gasteiger partial charge in [-0.25, -0.2) is 0 Å². The van der Waals surface area contributed by atoms with Crippen LogP contribution < -0.4 is 9.47 Å². The van der Waals surface area contributed by atoms with Gasteiger partial charge in [0.15, 0.2) is 0 Å². The molecule has 0 spiro atoms. The third-order valence-electron chi connectivity index (χ3n) is 3.39. The molecule has 0 radical (unpaired) electrons. The molecule has 0 saturated heterocycles. The van der Waals surface area contributed by atoms with Crippen LogP contribution in [0.25, 0.3) is 0 Å². The SMILES string of the molecule is Cc1nn(C)c(COc2ccc3c(c2)OCC3=NO)c1Cl. The molecular formula is C14H14ClN3O3. The van der Waals surface area contributed by atoms with E-state index in [1.165, 1.54) is 0 Å². The minimum absolute atomic E-state index is 0.266. The van der Waals surface area contributed by atoms with Crippen LogP contribution in [0.4, 0.5) is 0 Å². The highest BCUT2D eigenvalue weighted by Gasteiger charge is 2.20. The number of halogens is 1. The standard InChI is InChI=1S/C14H14ClN3O3/c1-8-14(15)12(18(2)16-8)7-20-9-3-4-10-11(17-19)6-21-13(10)5-9/h3-5,19H,6-7H2,1-2H3. The summed E-state index contributed by atoms with van der Waals surface area (Å²) >= 11 is 6.18. The molecule has 2 heterocycles. The summed E-state index contributed by atoms with van der Waals surface area (Å²) in [5, 5.41) is 16.9. The van der Waals surface area contributed by atoms with Gasteiger partial charge < -0.3 is 14.7 Å². The molecule has 21 heavy (non-hydrogen) atoms. The fourth-order valence-corrected chi connectivity index (χ4v) is 2.46. The second kappa shape index (κ2) is 5.29. The van der Waals surface area contributed by atoms with Crippen LogP contribution in [0.1, 0.15) is 17.0 Å². The number of aryl methyl sites for hydroxylation is 2. The van der Waals surface area contributed by atoms with Crippen LogP contribution in [-0.4, -0.2) is 27.3 Å². The fraction of sp³-hybridized carbons (Fsp3) is 0.286. The van der Waals surface area contributed by atoms with Crippen LogP contribution in [0.2, 0.25) is 5.02 Å². The number of nitrogens with zero attached hydrogens (tertiary/aromatic N) is 3. The Morgan fingerprint density at radius 2 is 2.33 bits per heavy atom. The Bertz CT molecular complexity index is 724. The topological polar surface area (TPSA) is 68.9 Å². The number of benzene rings is 1. The van der Waals surface area contributed by atoms with Crippen molar-refractivity contribution >= 4 is 17.3 Å². The summed E-state index contributed by atoms with van der Waals surface area (Å²) in [6, 6.07) is 5.38. The van der Waals surface area contributed by atoms with Gasteiger partial charge in [0, 0.05) is 18.7 Å². The molecule has 0 atom stereocenters. The van der Waals surface area contributed by atoms with Crippen molar-refractivity contribution in [2.24, 2.45) is 12.2 Å². The van der Waals surface area contributed by atoms with Crippen molar-refractivity contribution < 1.29 is 14.7 Å². The summed E-state index contributed by atoms with van der Waals surface area (Å²) in [6.45, 7) is 2.43. The molecule has 7 heteroatoms. The van der Waals surface area contributed by atoms with E-state index in [4.69, 9.17) is 26.3 Å². The van der Waals surface area contributed by atoms with Crippen LogP contribution >= 0.6 is 11.6 Å². The van der Waals surface area contributed by atoms with Crippen molar-refractivity contribution in [1.82, 2.24) is 9.78 Å². The number of hydrogen-bond acceptors (Lipinski definition) is 5. The van der Waals surface area contributed by atoms with Crippen molar-refractivity contribution in [3.8, 4) is 11.5 Å². The molecule has 6 nitrogen and oxygen atoms in total. The van der Waals surface area contributed by atoms with E-state index in [9.17, 15) is 0 Å². The lowest BCUT2D eigenvalue weighted by atomic mass is 10.1. The van der Waals surface area contributed by atoms with E-state index in [2.05, 4.69) is 10.3 Å². The third-order valence-corrected chi connectivity index (χ3v) is 3.88. The maximum atomic E-state index is 8.85. The quantitative estimate of drug-likeness (QED) is 0.699. The second-order valence-electron chi connectivity index (χ2n) is 4.75. The maximum Gasteiger partial charge on any atom is 0.134 e. The predicted octanol–water partition coefficient (Wildman–Crippen LogP) is 2.53. The zero-order chi connectivity index (χ0) is 15.0. The number of rotatable bonds is 3. The highest BCUT2D eigenvalue weighted by atomic mass is 35.5. The lowest BCUT2D eigenvalue weighted by Gasteiger charge is -2.08. The van der Waals surface area contributed by atoms with Gasteiger partial charge in [-0.2, -0.15) is 5.10 Å². The molecule has 0 fully saturated rings. The molecular weight excluding hydrogens is 294 g/mol. The fourth-order valence-electron chi connectivity index (χ4n) is 2.25. The normalized spacial score (nSPS) is 15.1. The van der Waals surface area contributed by atoms with E-state index in [1.807, 2.05) is 20.0 Å². The highest BCUT2D eigenvalue weighted by molar-refractivity contribution is 6.31. The van der Waals surface area contributed by atoms with Crippen molar-refractivity contribution in [1.29, 1.82) is 0 Å². The summed E-state index contributed by atoms with van der Waals surface area (Å²) in [6.07, 6.45) is 0. The van der Waals surface area contributed by atoms with Crippen molar-refractivity contribution in [2.45, 2.75) is 13.5 Å². The molecule has 0 saturated carbocycles. The summed E-state index contributed by atoms with van der Waals surface area (Å²) in [4.78, 5) is 0. The van der Waals surface area contributed by atoms with Gasteiger partial charge in [-0.3, -0.25) is 4.68 Å². The number of oxime groups is 1. The first-order chi connectivity index (χ1) is 10.1. The molecule has 1 aromatic heterocycles. The van der Waals surface area contributed by atoms with Gasteiger partial charge in [-0.1, -0.05) is 16.8 Å². The first kappa shape index (κ1) is 13.8. The molecule has 1 aliphatic heterocycles. The number of aromatic nitrogens is 2. The third kappa shape index (κ3) is 2.42. The number of hydrogen-bond donors (Lipinski definition) is 1. The van der Waals surface area contributed by atoms with E-state index >= 15 is 0 Å². The smallest absolute Gasteiger partial charge is 0.134 e. The predicted molar refractivity (Wildman–Crippen MR) is 77.5 cm³/mol. The Morgan fingerprint density at radius 1 is 1.52 bits per heavy atom. The van der Waals surface area contributed by atoms with E-state index in [1.54, 1.807) is 16.8 Å². The van der Waals surface area contributed by atoms with Gasteiger partial charge in [0.2, 0.25) is 0 Å². The molecule has 0 bridgehead atoms. The zero-order valence-corrected chi connectivity index (χ0v) is 12.4. The van der Waals surface area contributed by atoms with Gasteiger partial charge in [0.1, 0.15) is 30.4 Å². The minimum atomic E-state index is 0.266. The second-order valence-corrected chi connectivity index (χ2v) is 5.13. The van der Waals surface area contributed by atoms with Crippen molar-refractivity contribution in [3.05, 3.63) is 40.2 Å². The van der Waals surface area contributed by atoms with E-state index in [-0.39, 0.29) is 6.61 Å². The lowest BCUT2D eigenvalue weighted by molar-refractivity contribution is 0.292. The van der Waals surface area contributed by atoms with Crippen LogP contribution in [0, 0.1) is 6.92 Å². The summed E-state index contributed by atoms with van der Waals surface area (Å²) in [5.74, 6) is 1.30. The van der Waals surface area contributed by atoms with Crippen LogP contribution in [0.3, 0.4) is 0 Å². The zero-order valence-electron chi connectivity index (χ0n) is 11.6. The Hall–Kier alpha value is -2.21. The van der Waals surface area contributed by atoms with Gasteiger partial charge in [-0.05, 0) is 19.1 Å². The maximum absolute atomic E-state index is 8.85. The summed E-state index contributed by atoms with van der Waals surface area (Å²) in [7, 11) is 1.83. The van der Waals surface area contributed by atoms with Crippen LogP contribution in [0.5, 0.6) is 11.5 Å². The molecule has 1 aromatic carbocycles. The van der Waals surface area contributed by atoms with Crippen molar-refractivity contribution in [3.63, 3.8) is 0 Å². The monoisotopic (exact) mass is 307 g/mol. The molecule has 110 valence electrons. The Morgan fingerprint density at radius 3 is 3.00 bits per heavy atom. The average molecular weight is 308 g/mol. The Balaban J connectivity index is 1.78. The van der Waals surface area contributed by atoms with Gasteiger partial charge in [0.25, 0.3) is 0 Å². The molecule has 0 unspecified atom stereocenters. The molecule has 1 aliphatic rings. The minimum Gasteiger partial charge on any atom is -0.487 e. The summed E-state index contributed by atoms with van der Waals surface area (Å²) < 4.78 is 12.9. The molecule has 3 rings (SSSR count). The highest BCUT2D eigenvalue weighted by Crippen LogP contribution is 2.30. The van der Waals surface area contributed by atoms with Gasteiger partial charge in [-0.15, -0.1) is 0 Å². The van der Waals surface area contributed by atoms with Crippen molar-refractivity contribution in [2.75, 3.05) is 6.61 Å². The molecule has 0 amide bonds. The summed E-state index contributed by atoms with van der Waals surface area (Å²) in [5.41, 5.74) is 2.88. The van der Waals surface area contributed by atoms with Gasteiger partial charge >= 0.3 is 0 Å². The lowest BCUT2D eigenvalue weighted by Crippen LogP contribution is -2.03.